The van der Waals surface area contributed by atoms with Gasteiger partial charge in [-0.25, -0.2) is 0 Å². The van der Waals surface area contributed by atoms with Gasteiger partial charge in [0, 0.05) is 32.9 Å². The van der Waals surface area contributed by atoms with Gasteiger partial charge in [-0.2, -0.15) is 0 Å². The average Bonchev–Trinajstić information content (AvgIpc) is 3.73. The zero-order valence-electron chi connectivity index (χ0n) is 28.4. The van der Waals surface area contributed by atoms with Crippen molar-refractivity contribution in [3.05, 3.63) is 194 Å². The van der Waals surface area contributed by atoms with Gasteiger partial charge < -0.3 is 9.13 Å². The lowest BCUT2D eigenvalue weighted by atomic mass is 9.96. The minimum atomic E-state index is 1.17. The van der Waals surface area contributed by atoms with E-state index in [1.165, 1.54) is 98.8 Å². The molecule has 2 heterocycles. The summed E-state index contributed by atoms with van der Waals surface area (Å²) < 4.78 is 4.79. The molecule has 2 nitrogen and oxygen atoms in total. The molecule has 11 rings (SSSR count). The van der Waals surface area contributed by atoms with Crippen molar-refractivity contribution in [2.75, 3.05) is 0 Å². The zero-order valence-corrected chi connectivity index (χ0v) is 28.4. The minimum absolute atomic E-state index is 1.17. The Labute approximate surface area is 301 Å². The van der Waals surface area contributed by atoms with Gasteiger partial charge in [-0.1, -0.05) is 127 Å². The summed E-state index contributed by atoms with van der Waals surface area (Å²) in [6, 6.07) is 71.0. The molecule has 0 fully saturated rings. The van der Waals surface area contributed by atoms with E-state index >= 15 is 0 Å². The van der Waals surface area contributed by atoms with Gasteiger partial charge in [0.15, 0.2) is 0 Å². The van der Waals surface area contributed by atoms with Gasteiger partial charge in [-0.3, -0.25) is 0 Å². The van der Waals surface area contributed by atoms with Crippen molar-refractivity contribution in [3.8, 4) is 33.6 Å². The fourth-order valence-electron chi connectivity index (χ4n) is 8.46. The van der Waals surface area contributed by atoms with Crippen LogP contribution in [-0.2, 0) is 0 Å². The van der Waals surface area contributed by atoms with Gasteiger partial charge in [0.25, 0.3) is 0 Å². The predicted octanol–water partition coefficient (Wildman–Crippen LogP) is 13.5. The van der Waals surface area contributed by atoms with Crippen molar-refractivity contribution in [2.45, 2.75) is 0 Å². The number of fused-ring (bicyclic) bond motifs is 8. The molecule has 9 aromatic carbocycles. The number of hydrogen-bond acceptors (Lipinski definition) is 0. The lowest BCUT2D eigenvalue weighted by Crippen LogP contribution is -1.94. The molecule has 0 aliphatic heterocycles. The van der Waals surface area contributed by atoms with Crippen LogP contribution in [-0.4, -0.2) is 9.13 Å². The van der Waals surface area contributed by atoms with Crippen LogP contribution in [0.15, 0.2) is 194 Å². The van der Waals surface area contributed by atoms with Crippen LogP contribution in [0.25, 0.3) is 98.8 Å². The molecule has 0 unspecified atom stereocenters. The zero-order chi connectivity index (χ0) is 34.2. The molecular formula is C50H32N2. The summed E-state index contributed by atoms with van der Waals surface area (Å²) in [5.41, 5.74) is 12.1. The van der Waals surface area contributed by atoms with Crippen LogP contribution in [0.4, 0.5) is 0 Å². The second-order valence-electron chi connectivity index (χ2n) is 13.8. The minimum Gasteiger partial charge on any atom is -0.309 e. The van der Waals surface area contributed by atoms with Gasteiger partial charge in [0.05, 0.1) is 22.1 Å². The van der Waals surface area contributed by atoms with E-state index in [-0.39, 0.29) is 0 Å². The van der Waals surface area contributed by atoms with Gasteiger partial charge in [-0.05, 0) is 111 Å². The van der Waals surface area contributed by atoms with E-state index in [9.17, 15) is 0 Å². The van der Waals surface area contributed by atoms with Crippen molar-refractivity contribution < 1.29 is 0 Å². The molecule has 0 aliphatic carbocycles. The Balaban J connectivity index is 1.04. The molecule has 0 saturated heterocycles. The molecular weight excluding hydrogens is 629 g/mol. The molecule has 0 aliphatic rings. The number of hydrogen-bond donors (Lipinski definition) is 0. The average molecular weight is 661 g/mol. The SMILES string of the molecule is c1ccc(-n2c3ccccc3c3cc(-c4ccc5c(c4)c4ccccc4n5-c4ccc5cc(-c6cccc7ccccc67)ccc5c4)ccc32)cc1. The van der Waals surface area contributed by atoms with E-state index in [2.05, 4.69) is 203 Å². The van der Waals surface area contributed by atoms with Crippen LogP contribution >= 0.6 is 0 Å². The smallest absolute Gasteiger partial charge is 0.0541 e. The highest BCUT2D eigenvalue weighted by atomic mass is 15.0. The Kier molecular flexibility index (Phi) is 6.28. The third-order valence-corrected chi connectivity index (χ3v) is 10.9. The molecule has 2 heteroatoms. The van der Waals surface area contributed by atoms with Crippen molar-refractivity contribution >= 4 is 65.2 Å². The second kappa shape index (κ2) is 11.3. The maximum absolute atomic E-state index is 2.42. The summed E-state index contributed by atoms with van der Waals surface area (Å²) in [6.45, 7) is 0. The molecule has 52 heavy (non-hydrogen) atoms. The van der Waals surface area contributed by atoms with Crippen molar-refractivity contribution in [1.82, 2.24) is 9.13 Å². The molecule has 0 radical (unpaired) electrons. The Hall–Kier alpha value is -6.90. The maximum atomic E-state index is 2.42. The quantitative estimate of drug-likeness (QED) is 0.178. The largest absolute Gasteiger partial charge is 0.309 e. The van der Waals surface area contributed by atoms with Gasteiger partial charge in [-0.15, -0.1) is 0 Å². The fraction of sp³-hybridized carbons (Fsp3) is 0. The van der Waals surface area contributed by atoms with E-state index in [1.807, 2.05) is 0 Å². The topological polar surface area (TPSA) is 9.86 Å². The van der Waals surface area contributed by atoms with Gasteiger partial charge in [0.2, 0.25) is 0 Å². The molecule has 11 aromatic rings. The van der Waals surface area contributed by atoms with Crippen LogP contribution < -0.4 is 0 Å². The molecule has 0 spiro atoms. The molecule has 0 amide bonds. The third kappa shape index (κ3) is 4.38. The molecule has 2 aromatic heterocycles. The third-order valence-electron chi connectivity index (χ3n) is 10.9. The highest BCUT2D eigenvalue weighted by Gasteiger charge is 2.16. The van der Waals surface area contributed by atoms with Crippen LogP contribution in [0.2, 0.25) is 0 Å². The summed E-state index contributed by atoms with van der Waals surface area (Å²) >= 11 is 0. The van der Waals surface area contributed by atoms with E-state index in [4.69, 9.17) is 0 Å². The highest BCUT2D eigenvalue weighted by Crippen LogP contribution is 2.39. The number of benzene rings is 9. The Bertz CT molecular complexity index is 3170. The summed E-state index contributed by atoms with van der Waals surface area (Å²) in [6.07, 6.45) is 0. The first-order chi connectivity index (χ1) is 25.8. The van der Waals surface area contributed by atoms with Gasteiger partial charge >= 0.3 is 0 Å². The van der Waals surface area contributed by atoms with E-state index in [1.54, 1.807) is 0 Å². The molecule has 0 N–H and O–H groups in total. The maximum Gasteiger partial charge on any atom is 0.0541 e. The van der Waals surface area contributed by atoms with Crippen LogP contribution in [0.1, 0.15) is 0 Å². The van der Waals surface area contributed by atoms with E-state index in [0.717, 1.165) is 0 Å². The number of rotatable bonds is 4. The van der Waals surface area contributed by atoms with Crippen LogP contribution in [0.5, 0.6) is 0 Å². The number of nitrogens with zero attached hydrogens (tertiary/aromatic N) is 2. The standard InChI is InChI=1S/C50H32N2/c1-2-13-39(14-3-1)51-47-19-8-6-16-43(47)45-31-36(24-27-49(45)51)37-25-28-50-46(32-37)44-17-7-9-20-48(44)52(50)40-26-23-34-29-38(22-21-35(34)30-40)42-18-10-12-33-11-4-5-15-41(33)42/h1-32H. The van der Waals surface area contributed by atoms with Crippen LogP contribution in [0, 0.1) is 0 Å². The molecule has 0 atom stereocenters. The number of aromatic nitrogens is 2. The predicted molar refractivity (Wildman–Crippen MR) is 221 cm³/mol. The lowest BCUT2D eigenvalue weighted by molar-refractivity contribution is 1.18. The normalized spacial score (nSPS) is 11.8. The monoisotopic (exact) mass is 660 g/mol. The summed E-state index contributed by atoms with van der Waals surface area (Å²) in [4.78, 5) is 0. The fourth-order valence-corrected chi connectivity index (χ4v) is 8.46. The van der Waals surface area contributed by atoms with Crippen molar-refractivity contribution in [2.24, 2.45) is 0 Å². The molecule has 0 saturated carbocycles. The Morgan fingerprint density at radius 1 is 0.250 bits per heavy atom. The van der Waals surface area contributed by atoms with Crippen LogP contribution in [0.3, 0.4) is 0 Å². The van der Waals surface area contributed by atoms with Crippen molar-refractivity contribution in [3.63, 3.8) is 0 Å². The molecule has 0 bridgehead atoms. The van der Waals surface area contributed by atoms with E-state index in [0.29, 0.717) is 0 Å². The summed E-state index contributed by atoms with van der Waals surface area (Å²) in [5.74, 6) is 0. The first-order valence-corrected chi connectivity index (χ1v) is 17.9. The Morgan fingerprint density at radius 3 is 1.48 bits per heavy atom. The highest BCUT2D eigenvalue weighted by molar-refractivity contribution is 6.13. The summed E-state index contributed by atoms with van der Waals surface area (Å²) in [5, 5.41) is 10.1. The first-order valence-electron chi connectivity index (χ1n) is 17.9. The molecule has 242 valence electrons. The van der Waals surface area contributed by atoms with Gasteiger partial charge in [0.1, 0.15) is 0 Å². The van der Waals surface area contributed by atoms with Crippen molar-refractivity contribution in [1.29, 1.82) is 0 Å². The lowest BCUT2D eigenvalue weighted by Gasteiger charge is -2.12. The first kappa shape index (κ1) is 28.9. The van der Waals surface area contributed by atoms with E-state index < -0.39 is 0 Å². The number of para-hydroxylation sites is 3. The summed E-state index contributed by atoms with van der Waals surface area (Å²) in [7, 11) is 0. The Morgan fingerprint density at radius 2 is 0.769 bits per heavy atom. The second-order valence-corrected chi connectivity index (χ2v) is 13.8.